The van der Waals surface area contributed by atoms with E-state index in [1.165, 1.54) is 12.8 Å². The van der Waals surface area contributed by atoms with Crippen LogP contribution in [0.15, 0.2) is 0 Å². The third-order valence-electron chi connectivity index (χ3n) is 2.16. The molecule has 0 aliphatic heterocycles. The Morgan fingerprint density at radius 1 is 1.58 bits per heavy atom. The van der Waals surface area contributed by atoms with E-state index in [9.17, 15) is 0 Å². The molecule has 1 unspecified atom stereocenters. The Hall–Kier alpha value is -0.550. The predicted molar refractivity (Wildman–Crippen MR) is 49.6 cm³/mol. The van der Waals surface area contributed by atoms with Crippen molar-refractivity contribution in [2.24, 2.45) is 5.92 Å². The molecule has 0 saturated heterocycles. The molecule has 1 N–H and O–H groups in total. The van der Waals surface area contributed by atoms with Gasteiger partial charge in [-0.05, 0) is 32.1 Å². The SMILES string of the molecule is CC(C)CC(C)(C#N)NC1CC1. The summed E-state index contributed by atoms with van der Waals surface area (Å²) in [5.74, 6) is 0.584. The van der Waals surface area contributed by atoms with E-state index in [0.29, 0.717) is 12.0 Å². The van der Waals surface area contributed by atoms with Gasteiger partial charge in [-0.25, -0.2) is 0 Å². The molecule has 1 atom stereocenters. The van der Waals surface area contributed by atoms with Crippen LogP contribution in [-0.2, 0) is 0 Å². The second-order valence-corrected chi connectivity index (χ2v) is 4.46. The molecule has 1 saturated carbocycles. The van der Waals surface area contributed by atoms with Crippen LogP contribution in [-0.4, -0.2) is 11.6 Å². The van der Waals surface area contributed by atoms with Gasteiger partial charge in [0.1, 0.15) is 5.54 Å². The topological polar surface area (TPSA) is 35.8 Å². The Morgan fingerprint density at radius 2 is 2.17 bits per heavy atom. The standard InChI is InChI=1S/C10H18N2/c1-8(2)6-10(3,7-11)12-9-4-5-9/h8-9,12H,4-6H2,1-3H3. The minimum Gasteiger partial charge on any atom is -0.297 e. The van der Waals surface area contributed by atoms with E-state index in [0.717, 1.165) is 6.42 Å². The third-order valence-corrected chi connectivity index (χ3v) is 2.16. The second-order valence-electron chi connectivity index (χ2n) is 4.46. The molecule has 2 nitrogen and oxygen atoms in total. The number of nitrogens with one attached hydrogen (secondary N) is 1. The quantitative estimate of drug-likeness (QED) is 0.694. The number of nitrogens with zero attached hydrogens (tertiary/aromatic N) is 1. The van der Waals surface area contributed by atoms with E-state index in [2.05, 4.69) is 25.2 Å². The first-order chi connectivity index (χ1) is 5.56. The molecule has 0 aromatic rings. The van der Waals surface area contributed by atoms with Crippen molar-refractivity contribution in [3.63, 3.8) is 0 Å². The van der Waals surface area contributed by atoms with Crippen LogP contribution in [0.2, 0.25) is 0 Å². The van der Waals surface area contributed by atoms with Gasteiger partial charge in [-0.1, -0.05) is 13.8 Å². The number of nitriles is 1. The van der Waals surface area contributed by atoms with Crippen molar-refractivity contribution in [1.82, 2.24) is 5.32 Å². The lowest BCUT2D eigenvalue weighted by Crippen LogP contribution is -2.43. The maximum atomic E-state index is 9.00. The molecule has 0 bridgehead atoms. The number of hydrogen-bond donors (Lipinski definition) is 1. The van der Waals surface area contributed by atoms with Crippen molar-refractivity contribution in [3.05, 3.63) is 0 Å². The summed E-state index contributed by atoms with van der Waals surface area (Å²) in [6, 6.07) is 2.99. The van der Waals surface area contributed by atoms with E-state index >= 15 is 0 Å². The lowest BCUT2D eigenvalue weighted by Gasteiger charge is -2.25. The monoisotopic (exact) mass is 166 g/mol. The molecule has 0 amide bonds. The van der Waals surface area contributed by atoms with E-state index in [1.54, 1.807) is 0 Å². The molecule has 1 aliphatic rings. The van der Waals surface area contributed by atoms with Crippen LogP contribution in [0.3, 0.4) is 0 Å². The van der Waals surface area contributed by atoms with Crippen LogP contribution in [0.4, 0.5) is 0 Å². The highest BCUT2D eigenvalue weighted by Crippen LogP contribution is 2.25. The molecule has 1 rings (SSSR count). The first-order valence-electron chi connectivity index (χ1n) is 4.75. The van der Waals surface area contributed by atoms with Gasteiger partial charge in [0.15, 0.2) is 0 Å². The van der Waals surface area contributed by atoms with Crippen LogP contribution in [0.5, 0.6) is 0 Å². The molecule has 0 radical (unpaired) electrons. The van der Waals surface area contributed by atoms with E-state index in [1.807, 2.05) is 6.92 Å². The zero-order valence-corrected chi connectivity index (χ0v) is 8.22. The van der Waals surface area contributed by atoms with Crippen molar-refractivity contribution in [3.8, 4) is 6.07 Å². The first kappa shape index (κ1) is 9.54. The Bertz CT molecular complexity index is 183. The van der Waals surface area contributed by atoms with Crippen molar-refractivity contribution in [1.29, 1.82) is 5.26 Å². The molecule has 0 aromatic heterocycles. The highest BCUT2D eigenvalue weighted by atomic mass is 15.0. The van der Waals surface area contributed by atoms with Gasteiger partial charge >= 0.3 is 0 Å². The summed E-state index contributed by atoms with van der Waals surface area (Å²) in [5, 5.41) is 12.4. The minimum atomic E-state index is -0.296. The maximum absolute atomic E-state index is 9.00. The summed E-state index contributed by atoms with van der Waals surface area (Å²) in [6.45, 7) is 6.32. The number of hydrogen-bond acceptors (Lipinski definition) is 2. The highest BCUT2D eigenvalue weighted by molar-refractivity contribution is 5.07. The van der Waals surface area contributed by atoms with Gasteiger partial charge in [0.05, 0.1) is 6.07 Å². The van der Waals surface area contributed by atoms with Crippen molar-refractivity contribution >= 4 is 0 Å². The molecule has 68 valence electrons. The Labute approximate surface area is 75.0 Å². The molecular formula is C10H18N2. The van der Waals surface area contributed by atoms with Crippen LogP contribution in [0, 0.1) is 17.2 Å². The summed E-state index contributed by atoms with van der Waals surface area (Å²) in [4.78, 5) is 0. The largest absolute Gasteiger partial charge is 0.297 e. The lowest BCUT2D eigenvalue weighted by atomic mass is 9.92. The summed E-state index contributed by atoms with van der Waals surface area (Å²) in [5.41, 5.74) is -0.296. The fraction of sp³-hybridized carbons (Fsp3) is 0.900. The van der Waals surface area contributed by atoms with Gasteiger partial charge in [-0.3, -0.25) is 5.32 Å². The van der Waals surface area contributed by atoms with Crippen LogP contribution >= 0.6 is 0 Å². The summed E-state index contributed by atoms with van der Waals surface area (Å²) in [6.07, 6.45) is 3.44. The van der Waals surface area contributed by atoms with Gasteiger partial charge in [-0.2, -0.15) is 5.26 Å². The molecular weight excluding hydrogens is 148 g/mol. The third kappa shape index (κ3) is 2.83. The van der Waals surface area contributed by atoms with Gasteiger partial charge < -0.3 is 0 Å². The highest BCUT2D eigenvalue weighted by Gasteiger charge is 2.32. The second kappa shape index (κ2) is 3.45. The zero-order valence-electron chi connectivity index (χ0n) is 8.22. The predicted octanol–water partition coefficient (Wildman–Crippen LogP) is 2.07. The van der Waals surface area contributed by atoms with Crippen molar-refractivity contribution in [2.75, 3.05) is 0 Å². The smallest absolute Gasteiger partial charge is 0.104 e. The van der Waals surface area contributed by atoms with Gasteiger partial charge in [0, 0.05) is 6.04 Å². The van der Waals surface area contributed by atoms with Crippen molar-refractivity contribution in [2.45, 2.75) is 51.6 Å². The van der Waals surface area contributed by atoms with Gasteiger partial charge in [0.2, 0.25) is 0 Å². The molecule has 0 heterocycles. The maximum Gasteiger partial charge on any atom is 0.104 e. The fourth-order valence-electron chi connectivity index (χ4n) is 1.63. The van der Waals surface area contributed by atoms with E-state index < -0.39 is 0 Å². The Morgan fingerprint density at radius 3 is 2.50 bits per heavy atom. The number of rotatable bonds is 4. The summed E-state index contributed by atoms with van der Waals surface area (Å²) in [7, 11) is 0. The normalized spacial score (nSPS) is 21.9. The zero-order chi connectivity index (χ0) is 9.19. The summed E-state index contributed by atoms with van der Waals surface area (Å²) < 4.78 is 0. The Balaban J connectivity index is 2.43. The molecule has 2 heteroatoms. The molecule has 0 spiro atoms. The van der Waals surface area contributed by atoms with E-state index in [-0.39, 0.29) is 5.54 Å². The first-order valence-corrected chi connectivity index (χ1v) is 4.75. The molecule has 1 aliphatic carbocycles. The van der Waals surface area contributed by atoms with Crippen LogP contribution in [0.1, 0.15) is 40.0 Å². The van der Waals surface area contributed by atoms with Gasteiger partial charge in [0.25, 0.3) is 0 Å². The fourth-order valence-corrected chi connectivity index (χ4v) is 1.63. The van der Waals surface area contributed by atoms with Gasteiger partial charge in [-0.15, -0.1) is 0 Å². The minimum absolute atomic E-state index is 0.296. The van der Waals surface area contributed by atoms with Crippen molar-refractivity contribution < 1.29 is 0 Å². The van der Waals surface area contributed by atoms with Crippen LogP contribution < -0.4 is 5.32 Å². The average Bonchev–Trinajstić information content (AvgIpc) is 2.70. The van der Waals surface area contributed by atoms with Crippen LogP contribution in [0.25, 0.3) is 0 Å². The Kier molecular flexibility index (Phi) is 2.74. The molecule has 1 fully saturated rings. The molecule has 0 aromatic carbocycles. The summed E-state index contributed by atoms with van der Waals surface area (Å²) >= 11 is 0. The van der Waals surface area contributed by atoms with E-state index in [4.69, 9.17) is 5.26 Å². The molecule has 12 heavy (non-hydrogen) atoms. The average molecular weight is 166 g/mol. The lowest BCUT2D eigenvalue weighted by molar-refractivity contribution is 0.362.